The zero-order valence-corrected chi connectivity index (χ0v) is 27.8. The van der Waals surface area contributed by atoms with E-state index in [2.05, 4.69) is 10.0 Å². The summed E-state index contributed by atoms with van der Waals surface area (Å²) in [5, 5.41) is 13.0. The third-order valence-corrected chi connectivity index (χ3v) is 9.04. The zero-order chi connectivity index (χ0) is 33.3. The molecule has 2 aromatic rings. The van der Waals surface area contributed by atoms with Crippen molar-refractivity contribution in [3.05, 3.63) is 53.8 Å². The van der Waals surface area contributed by atoms with Crippen molar-refractivity contribution in [3.8, 4) is 5.75 Å². The monoisotopic (exact) mass is 650 g/mol. The van der Waals surface area contributed by atoms with Crippen LogP contribution in [0.2, 0.25) is 0 Å². The molecular weight excluding hydrogens is 603 g/mol. The van der Waals surface area contributed by atoms with Gasteiger partial charge in [-0.3, -0.25) is 9.52 Å². The first kappa shape index (κ1) is 36.1. The molecule has 45 heavy (non-hydrogen) atoms. The summed E-state index contributed by atoms with van der Waals surface area (Å²) in [6.45, 7) is 9.95. The second-order valence-corrected chi connectivity index (χ2v) is 13.7. The lowest BCUT2D eigenvalue weighted by Gasteiger charge is -2.36. The number of hydrogen-bond acceptors (Lipinski definition) is 7. The Morgan fingerprint density at radius 2 is 1.82 bits per heavy atom. The van der Waals surface area contributed by atoms with Crippen molar-refractivity contribution in [2.24, 2.45) is 5.92 Å². The molecule has 4 atom stereocenters. The Labute approximate surface area is 266 Å². The maximum Gasteiger partial charge on any atom is 0.317 e. The molecule has 0 aliphatic carbocycles. The second-order valence-electron chi connectivity index (χ2n) is 12.1. The average Bonchev–Trinajstić information content (AvgIpc) is 2.98. The van der Waals surface area contributed by atoms with Crippen molar-refractivity contribution in [3.63, 3.8) is 0 Å². The van der Waals surface area contributed by atoms with E-state index in [0.717, 1.165) is 37.1 Å². The molecule has 1 aliphatic heterocycles. The molecule has 11 nitrogen and oxygen atoms in total. The molecule has 3 rings (SSSR count). The number of nitrogens with zero attached hydrogens (tertiary/aromatic N) is 2. The van der Waals surface area contributed by atoms with Crippen molar-refractivity contribution in [2.75, 3.05) is 38.1 Å². The summed E-state index contributed by atoms with van der Waals surface area (Å²) in [5.74, 6) is -0.990. The van der Waals surface area contributed by atoms with Crippen LogP contribution >= 0.6 is 0 Å². The number of likely N-dealkylation sites (N-methyl/N-ethyl adjacent to an activating group) is 1. The Morgan fingerprint density at radius 1 is 1.13 bits per heavy atom. The third-order valence-electron chi connectivity index (χ3n) is 7.64. The van der Waals surface area contributed by atoms with Crippen LogP contribution in [0.3, 0.4) is 0 Å². The fraction of sp³-hybridized carbons (Fsp3) is 0.562. The minimum Gasteiger partial charge on any atom is -0.490 e. The summed E-state index contributed by atoms with van der Waals surface area (Å²) in [4.78, 5) is 29.9. The fourth-order valence-electron chi connectivity index (χ4n) is 4.99. The number of halogens is 1. The van der Waals surface area contributed by atoms with Gasteiger partial charge in [-0.25, -0.2) is 17.6 Å². The molecule has 2 aromatic carbocycles. The van der Waals surface area contributed by atoms with Crippen LogP contribution in [0.5, 0.6) is 5.75 Å². The van der Waals surface area contributed by atoms with Crippen molar-refractivity contribution in [1.82, 2.24) is 15.1 Å². The van der Waals surface area contributed by atoms with Gasteiger partial charge in [0, 0.05) is 44.4 Å². The highest BCUT2D eigenvalue weighted by molar-refractivity contribution is 7.92. The highest BCUT2D eigenvalue weighted by Gasteiger charge is 2.31. The average molecular weight is 651 g/mol. The van der Waals surface area contributed by atoms with Gasteiger partial charge in [-0.2, -0.15) is 0 Å². The van der Waals surface area contributed by atoms with E-state index >= 15 is 0 Å². The molecule has 250 valence electrons. The van der Waals surface area contributed by atoms with Crippen molar-refractivity contribution >= 4 is 27.6 Å². The van der Waals surface area contributed by atoms with E-state index in [1.807, 2.05) is 27.7 Å². The van der Waals surface area contributed by atoms with Crippen molar-refractivity contribution in [1.29, 1.82) is 0 Å². The first-order valence-corrected chi connectivity index (χ1v) is 16.8. The minimum absolute atomic E-state index is 0.0323. The molecule has 1 heterocycles. The number of hydrogen-bond donors (Lipinski definition) is 3. The lowest BCUT2D eigenvalue weighted by molar-refractivity contribution is -0.0122. The van der Waals surface area contributed by atoms with Gasteiger partial charge in [0.15, 0.2) is 0 Å². The SMILES string of the molecule is CC(C)NC(=O)N(C)C[C@H]1OCCCC[C@@H](C)Oc2ccc(NS(=O)(=O)c3ccc(F)cc3)cc2C(=O)N([C@@H](C)CO)C[C@H]1C. The van der Waals surface area contributed by atoms with Crippen LogP contribution in [-0.2, 0) is 14.8 Å². The Kier molecular flexibility index (Phi) is 13.0. The molecule has 1 aliphatic rings. The molecule has 3 N–H and O–H groups in total. The second kappa shape index (κ2) is 16.2. The standard InChI is InChI=1S/C32H47FN4O7S/c1-21(2)34-32(40)36(6)19-30-22(3)18-37(23(4)20-38)31(39)28-17-26(35-45(41,42)27-13-10-25(33)11-14-27)12-15-29(28)44-24(5)9-7-8-16-43-30/h10-15,17,21-24,30,35,38H,7-9,16,18-20H2,1-6H3,(H,34,40)/t22-,23+,24-,30-/m1/s1. The smallest absolute Gasteiger partial charge is 0.317 e. The number of benzene rings is 2. The van der Waals surface area contributed by atoms with E-state index in [-0.39, 0.29) is 59.1 Å². The van der Waals surface area contributed by atoms with Gasteiger partial charge < -0.3 is 29.7 Å². The number of carbonyl (C=O) groups is 2. The molecule has 0 saturated carbocycles. The van der Waals surface area contributed by atoms with Gasteiger partial charge in [0.25, 0.3) is 15.9 Å². The maximum atomic E-state index is 14.2. The highest BCUT2D eigenvalue weighted by Crippen LogP contribution is 2.29. The topological polar surface area (TPSA) is 138 Å². The lowest BCUT2D eigenvalue weighted by Crippen LogP contribution is -2.49. The summed E-state index contributed by atoms with van der Waals surface area (Å²) in [5.41, 5.74) is 0.240. The van der Waals surface area contributed by atoms with E-state index in [9.17, 15) is 27.5 Å². The molecular formula is C32H47FN4O7S. The van der Waals surface area contributed by atoms with Crippen LogP contribution in [0.25, 0.3) is 0 Å². The molecule has 13 heteroatoms. The molecule has 0 fully saturated rings. The molecule has 0 aromatic heterocycles. The van der Waals surface area contributed by atoms with Gasteiger partial charge in [0.1, 0.15) is 11.6 Å². The number of fused-ring (bicyclic) bond motifs is 1. The fourth-order valence-corrected chi connectivity index (χ4v) is 6.04. The molecule has 3 amide bonds. The van der Waals surface area contributed by atoms with E-state index in [4.69, 9.17) is 9.47 Å². The van der Waals surface area contributed by atoms with E-state index in [0.29, 0.717) is 19.6 Å². The van der Waals surface area contributed by atoms with E-state index < -0.39 is 33.9 Å². The van der Waals surface area contributed by atoms with Crippen LogP contribution in [-0.4, -0.2) is 92.9 Å². The largest absolute Gasteiger partial charge is 0.490 e. The summed E-state index contributed by atoms with van der Waals surface area (Å²) in [6.07, 6.45) is 1.60. The first-order chi connectivity index (χ1) is 21.2. The van der Waals surface area contributed by atoms with Gasteiger partial charge in [-0.1, -0.05) is 6.92 Å². The highest BCUT2D eigenvalue weighted by atomic mass is 32.2. The molecule has 0 saturated heterocycles. The van der Waals surface area contributed by atoms with Crippen LogP contribution < -0.4 is 14.8 Å². The van der Waals surface area contributed by atoms with E-state index in [1.165, 1.54) is 17.0 Å². The number of rotatable bonds is 8. The normalized spacial score (nSPS) is 20.9. The first-order valence-electron chi connectivity index (χ1n) is 15.4. The zero-order valence-electron chi connectivity index (χ0n) is 27.0. The lowest BCUT2D eigenvalue weighted by atomic mass is 10.0. The predicted molar refractivity (Wildman–Crippen MR) is 170 cm³/mol. The Morgan fingerprint density at radius 3 is 2.47 bits per heavy atom. The maximum absolute atomic E-state index is 14.2. The number of nitrogens with one attached hydrogen (secondary N) is 2. The third kappa shape index (κ3) is 10.3. The minimum atomic E-state index is -4.09. The van der Waals surface area contributed by atoms with Crippen molar-refractivity contribution < 1.29 is 37.0 Å². The van der Waals surface area contributed by atoms with Crippen LogP contribution in [0.4, 0.5) is 14.9 Å². The molecule has 0 spiro atoms. The van der Waals surface area contributed by atoms with Crippen LogP contribution in [0.15, 0.2) is 47.4 Å². The number of aliphatic hydroxyl groups excluding tert-OH is 1. The van der Waals surface area contributed by atoms with Crippen LogP contribution in [0.1, 0.15) is 64.2 Å². The number of ether oxygens (including phenoxy) is 2. The number of sulfonamides is 1. The number of anilines is 1. The Hall–Kier alpha value is -3.42. The van der Waals surface area contributed by atoms with E-state index in [1.54, 1.807) is 24.9 Å². The van der Waals surface area contributed by atoms with Gasteiger partial charge in [-0.15, -0.1) is 0 Å². The molecule has 0 radical (unpaired) electrons. The summed E-state index contributed by atoms with van der Waals surface area (Å²) < 4.78 is 54.5. The van der Waals surface area contributed by atoms with Gasteiger partial charge in [-0.05, 0) is 89.4 Å². The molecule has 0 bridgehead atoms. The number of aliphatic hydroxyl groups is 1. The van der Waals surface area contributed by atoms with Gasteiger partial charge in [0.05, 0.1) is 35.3 Å². The van der Waals surface area contributed by atoms with Gasteiger partial charge >= 0.3 is 6.03 Å². The van der Waals surface area contributed by atoms with Gasteiger partial charge in [0.2, 0.25) is 0 Å². The van der Waals surface area contributed by atoms with Crippen LogP contribution in [0, 0.1) is 11.7 Å². The summed E-state index contributed by atoms with van der Waals surface area (Å²) >= 11 is 0. The number of amides is 3. The summed E-state index contributed by atoms with van der Waals surface area (Å²) in [7, 11) is -2.39. The predicted octanol–water partition coefficient (Wildman–Crippen LogP) is 4.47. The van der Waals surface area contributed by atoms with Crippen molar-refractivity contribution in [2.45, 2.75) is 83.1 Å². The number of carbonyl (C=O) groups excluding carboxylic acids is 2. The Bertz CT molecular complexity index is 1390. The quantitative estimate of drug-likeness (QED) is 0.383. The summed E-state index contributed by atoms with van der Waals surface area (Å²) in [6, 6.07) is 8.03. The molecule has 0 unspecified atom stereocenters. The number of urea groups is 1. The Balaban J connectivity index is 1.98.